The molecule has 0 N–H and O–H groups in total. The van der Waals surface area contributed by atoms with Gasteiger partial charge >= 0.3 is 0 Å². The highest BCUT2D eigenvalue weighted by molar-refractivity contribution is 5.77. The van der Waals surface area contributed by atoms with Crippen LogP contribution in [0, 0.1) is 6.92 Å². The molecule has 0 radical (unpaired) electrons. The van der Waals surface area contributed by atoms with Crippen molar-refractivity contribution in [1.29, 1.82) is 0 Å². The van der Waals surface area contributed by atoms with E-state index in [2.05, 4.69) is 4.98 Å². The maximum atomic E-state index is 10.9. The average molecular weight is 215 g/mol. The Bertz CT molecular complexity index is 497. The van der Waals surface area contributed by atoms with Crippen molar-refractivity contribution in [2.45, 2.75) is 20.3 Å². The number of carbonyl (C=O) groups excluding carboxylic acids is 1. The van der Waals surface area contributed by atoms with Gasteiger partial charge in [0.15, 0.2) is 0 Å². The summed E-state index contributed by atoms with van der Waals surface area (Å²) >= 11 is 0. The van der Waals surface area contributed by atoms with Gasteiger partial charge in [0.05, 0.1) is 12.6 Å². The maximum absolute atomic E-state index is 10.9. The zero-order valence-corrected chi connectivity index (χ0v) is 9.36. The molecule has 3 heteroatoms. The summed E-state index contributed by atoms with van der Waals surface area (Å²) in [5.41, 5.74) is 2.12. The van der Waals surface area contributed by atoms with E-state index in [1.165, 1.54) is 12.5 Å². The van der Waals surface area contributed by atoms with E-state index in [4.69, 9.17) is 4.42 Å². The predicted octanol–water partition coefficient (Wildman–Crippen LogP) is 2.78. The Balaban J connectivity index is 2.24. The van der Waals surface area contributed by atoms with Gasteiger partial charge in [0.2, 0.25) is 5.89 Å². The number of rotatable bonds is 3. The second-order valence-corrected chi connectivity index (χ2v) is 3.88. The van der Waals surface area contributed by atoms with Gasteiger partial charge in [-0.3, -0.25) is 4.79 Å². The number of hydrogen-bond donors (Lipinski definition) is 0. The molecule has 82 valence electrons. The van der Waals surface area contributed by atoms with E-state index >= 15 is 0 Å². The molecule has 0 aliphatic heterocycles. The van der Waals surface area contributed by atoms with Crippen LogP contribution in [0.15, 0.2) is 34.9 Å². The Labute approximate surface area is 94.1 Å². The normalized spacial score (nSPS) is 10.4. The van der Waals surface area contributed by atoms with E-state index in [0.29, 0.717) is 18.1 Å². The molecule has 0 bridgehead atoms. The van der Waals surface area contributed by atoms with Crippen LogP contribution in [0.5, 0.6) is 0 Å². The monoisotopic (exact) mass is 215 g/mol. The Hall–Kier alpha value is -1.90. The minimum absolute atomic E-state index is 0.0756. The van der Waals surface area contributed by atoms with E-state index < -0.39 is 0 Å². The molecular formula is C13H13NO2. The third-order valence-corrected chi connectivity index (χ3v) is 2.28. The predicted molar refractivity (Wildman–Crippen MR) is 61.1 cm³/mol. The van der Waals surface area contributed by atoms with Crippen molar-refractivity contribution in [2.75, 3.05) is 0 Å². The zero-order valence-electron chi connectivity index (χ0n) is 9.36. The van der Waals surface area contributed by atoms with E-state index in [1.54, 1.807) is 6.20 Å². The van der Waals surface area contributed by atoms with Crippen molar-refractivity contribution in [3.8, 4) is 11.5 Å². The first-order chi connectivity index (χ1) is 7.65. The summed E-state index contributed by atoms with van der Waals surface area (Å²) < 4.78 is 5.49. The van der Waals surface area contributed by atoms with Gasteiger partial charge in [0.25, 0.3) is 0 Å². The molecule has 1 heterocycles. The molecule has 0 saturated heterocycles. The first-order valence-electron chi connectivity index (χ1n) is 5.16. The van der Waals surface area contributed by atoms with Crippen LogP contribution in [0.25, 0.3) is 11.5 Å². The Kier molecular flexibility index (Phi) is 2.86. The van der Waals surface area contributed by atoms with E-state index in [-0.39, 0.29) is 5.78 Å². The summed E-state index contributed by atoms with van der Waals surface area (Å²) in [7, 11) is 0. The lowest BCUT2D eigenvalue weighted by Crippen LogP contribution is -1.93. The minimum Gasteiger partial charge on any atom is -0.441 e. The maximum Gasteiger partial charge on any atom is 0.226 e. The van der Waals surface area contributed by atoms with Crippen molar-refractivity contribution >= 4 is 5.78 Å². The highest BCUT2D eigenvalue weighted by Gasteiger charge is 2.07. The molecule has 0 atom stereocenters. The molecule has 0 spiro atoms. The smallest absolute Gasteiger partial charge is 0.226 e. The third kappa shape index (κ3) is 2.37. The first kappa shape index (κ1) is 10.6. The first-order valence-corrected chi connectivity index (χ1v) is 5.16. The number of nitrogens with zero attached hydrogens (tertiary/aromatic N) is 1. The van der Waals surface area contributed by atoms with E-state index in [0.717, 1.165) is 5.56 Å². The quantitative estimate of drug-likeness (QED) is 0.790. The fourth-order valence-corrected chi connectivity index (χ4v) is 1.46. The number of oxazole rings is 1. The van der Waals surface area contributed by atoms with Crippen LogP contribution in [-0.4, -0.2) is 10.8 Å². The Morgan fingerprint density at radius 3 is 2.62 bits per heavy atom. The molecule has 0 saturated carbocycles. The van der Waals surface area contributed by atoms with Crippen LogP contribution < -0.4 is 0 Å². The van der Waals surface area contributed by atoms with E-state index in [1.807, 2.05) is 31.2 Å². The summed E-state index contributed by atoms with van der Waals surface area (Å²) in [4.78, 5) is 15.1. The van der Waals surface area contributed by atoms with Gasteiger partial charge in [-0.25, -0.2) is 4.98 Å². The van der Waals surface area contributed by atoms with Crippen LogP contribution in [0.2, 0.25) is 0 Å². The largest absolute Gasteiger partial charge is 0.441 e. The van der Waals surface area contributed by atoms with Crippen molar-refractivity contribution in [2.24, 2.45) is 0 Å². The zero-order chi connectivity index (χ0) is 11.5. The fourth-order valence-electron chi connectivity index (χ4n) is 1.46. The van der Waals surface area contributed by atoms with Crippen molar-refractivity contribution in [3.05, 3.63) is 41.8 Å². The molecule has 0 amide bonds. The lowest BCUT2D eigenvalue weighted by molar-refractivity contribution is -0.116. The minimum atomic E-state index is 0.0756. The molecule has 0 fully saturated rings. The van der Waals surface area contributed by atoms with Crippen LogP contribution in [0.3, 0.4) is 0 Å². The number of aromatic nitrogens is 1. The molecule has 1 aromatic heterocycles. The Morgan fingerprint density at radius 1 is 1.31 bits per heavy atom. The SMILES string of the molecule is CC(=O)Cc1cnc(-c2ccc(C)cc2)o1. The third-order valence-electron chi connectivity index (χ3n) is 2.28. The standard InChI is InChI=1S/C13H13NO2/c1-9-3-5-11(6-4-9)13-14-8-12(16-13)7-10(2)15/h3-6,8H,7H2,1-2H3. The number of aryl methyl sites for hydroxylation is 1. The molecule has 0 aliphatic rings. The topological polar surface area (TPSA) is 43.1 Å². The van der Waals surface area contributed by atoms with Crippen LogP contribution in [-0.2, 0) is 11.2 Å². The lowest BCUT2D eigenvalue weighted by Gasteiger charge is -1.96. The number of carbonyl (C=O) groups is 1. The second-order valence-electron chi connectivity index (χ2n) is 3.88. The van der Waals surface area contributed by atoms with Crippen molar-refractivity contribution in [1.82, 2.24) is 4.98 Å². The van der Waals surface area contributed by atoms with Gasteiger partial charge in [-0.15, -0.1) is 0 Å². The number of Topliss-reactive ketones (excluding diaryl/α,β-unsaturated/α-hetero) is 1. The summed E-state index contributed by atoms with van der Waals surface area (Å²) in [6, 6.07) is 7.92. The summed E-state index contributed by atoms with van der Waals surface area (Å²) in [5.74, 6) is 1.26. The fraction of sp³-hybridized carbons (Fsp3) is 0.231. The molecule has 1 aromatic carbocycles. The van der Waals surface area contributed by atoms with E-state index in [9.17, 15) is 4.79 Å². The molecule has 0 unspecified atom stereocenters. The van der Waals surface area contributed by atoms with Gasteiger partial charge < -0.3 is 4.42 Å². The Morgan fingerprint density at radius 2 is 2.00 bits per heavy atom. The second kappa shape index (κ2) is 4.31. The van der Waals surface area contributed by atoms with Gasteiger partial charge in [-0.1, -0.05) is 17.7 Å². The van der Waals surface area contributed by atoms with Crippen molar-refractivity contribution in [3.63, 3.8) is 0 Å². The van der Waals surface area contributed by atoms with Crippen LogP contribution in [0.1, 0.15) is 18.2 Å². The van der Waals surface area contributed by atoms with Gasteiger partial charge in [-0.2, -0.15) is 0 Å². The number of ketones is 1. The highest BCUT2D eigenvalue weighted by atomic mass is 16.4. The molecule has 16 heavy (non-hydrogen) atoms. The van der Waals surface area contributed by atoms with Gasteiger partial charge in [0, 0.05) is 5.56 Å². The molecule has 2 aromatic rings. The molecule has 0 aliphatic carbocycles. The highest BCUT2D eigenvalue weighted by Crippen LogP contribution is 2.19. The van der Waals surface area contributed by atoms with Crippen LogP contribution >= 0.6 is 0 Å². The van der Waals surface area contributed by atoms with Crippen LogP contribution in [0.4, 0.5) is 0 Å². The summed E-state index contributed by atoms with van der Waals surface area (Å²) in [6.07, 6.45) is 1.91. The molecule has 2 rings (SSSR count). The summed E-state index contributed by atoms with van der Waals surface area (Å²) in [5, 5.41) is 0. The van der Waals surface area contributed by atoms with Gasteiger partial charge in [-0.05, 0) is 26.0 Å². The summed E-state index contributed by atoms with van der Waals surface area (Å²) in [6.45, 7) is 3.56. The molecule has 3 nitrogen and oxygen atoms in total. The molecular weight excluding hydrogens is 202 g/mol. The average Bonchev–Trinajstić information content (AvgIpc) is 2.66. The van der Waals surface area contributed by atoms with Gasteiger partial charge in [0.1, 0.15) is 11.5 Å². The van der Waals surface area contributed by atoms with Crippen molar-refractivity contribution < 1.29 is 9.21 Å². The number of hydrogen-bond acceptors (Lipinski definition) is 3. The number of benzene rings is 1. The lowest BCUT2D eigenvalue weighted by atomic mass is 10.1.